The molecule has 1 aliphatic carbocycles. The van der Waals surface area contributed by atoms with Crippen LogP contribution in [0.4, 0.5) is 4.39 Å². The van der Waals surface area contributed by atoms with E-state index >= 15 is 0 Å². The Morgan fingerprint density at radius 2 is 2.11 bits per heavy atom. The minimum Gasteiger partial charge on any atom is -0.481 e. The summed E-state index contributed by atoms with van der Waals surface area (Å²) in [7, 11) is 0. The molecule has 4 nitrogen and oxygen atoms in total. The average molecular weight is 330 g/mol. The first-order valence-corrected chi connectivity index (χ1v) is 6.76. The smallest absolute Gasteiger partial charge is 0.305 e. The van der Waals surface area contributed by atoms with Crippen LogP contribution < -0.4 is 0 Å². The Morgan fingerprint density at radius 3 is 2.68 bits per heavy atom. The largest absolute Gasteiger partial charge is 0.481 e. The molecule has 0 spiro atoms. The van der Waals surface area contributed by atoms with Gasteiger partial charge in [-0.2, -0.15) is 0 Å². The van der Waals surface area contributed by atoms with Crippen LogP contribution in [0.2, 0.25) is 0 Å². The first-order chi connectivity index (χ1) is 8.99. The third kappa shape index (κ3) is 3.53. The van der Waals surface area contributed by atoms with Crippen LogP contribution in [0.1, 0.15) is 29.6 Å². The quantitative estimate of drug-likeness (QED) is 0.903. The number of carboxylic acid groups (broad SMARTS) is 1. The molecular formula is C13H13BrFNO3. The normalized spacial score (nSPS) is 14.2. The van der Waals surface area contributed by atoms with Crippen molar-refractivity contribution < 1.29 is 19.1 Å². The zero-order valence-electron chi connectivity index (χ0n) is 10.1. The Labute approximate surface area is 118 Å². The molecule has 102 valence electrons. The van der Waals surface area contributed by atoms with E-state index in [9.17, 15) is 14.0 Å². The summed E-state index contributed by atoms with van der Waals surface area (Å²) >= 11 is 3.20. The van der Waals surface area contributed by atoms with Crippen LogP contribution in [0.25, 0.3) is 0 Å². The van der Waals surface area contributed by atoms with E-state index < -0.39 is 17.7 Å². The molecule has 1 aromatic rings. The number of nitrogens with zero attached hydrogens (tertiary/aromatic N) is 1. The van der Waals surface area contributed by atoms with Crippen LogP contribution in [-0.2, 0) is 4.79 Å². The second-order valence-electron chi connectivity index (χ2n) is 4.50. The summed E-state index contributed by atoms with van der Waals surface area (Å²) in [5.41, 5.74) is -0.0216. The summed E-state index contributed by atoms with van der Waals surface area (Å²) in [5, 5.41) is 8.70. The summed E-state index contributed by atoms with van der Waals surface area (Å²) in [6, 6.07) is 4.21. The fourth-order valence-electron chi connectivity index (χ4n) is 1.87. The number of benzene rings is 1. The molecule has 1 amide bonds. The maximum Gasteiger partial charge on any atom is 0.305 e. The topological polar surface area (TPSA) is 57.6 Å². The van der Waals surface area contributed by atoms with Gasteiger partial charge in [0.1, 0.15) is 5.82 Å². The van der Waals surface area contributed by atoms with Gasteiger partial charge in [-0.05, 0) is 31.0 Å². The van der Waals surface area contributed by atoms with Gasteiger partial charge in [0.2, 0.25) is 0 Å². The molecule has 0 bridgehead atoms. The zero-order chi connectivity index (χ0) is 14.0. The number of carboxylic acids is 1. The molecule has 1 fully saturated rings. The summed E-state index contributed by atoms with van der Waals surface area (Å²) in [6.07, 6.45) is 1.57. The fourth-order valence-corrected chi connectivity index (χ4v) is 2.23. The molecule has 0 aromatic heterocycles. The number of halogens is 2. The minimum atomic E-state index is -0.965. The Bertz CT molecular complexity index is 517. The highest BCUT2D eigenvalue weighted by atomic mass is 79.9. The molecule has 1 aliphatic rings. The number of amides is 1. The van der Waals surface area contributed by atoms with Crippen LogP contribution in [0.3, 0.4) is 0 Å². The lowest BCUT2D eigenvalue weighted by Gasteiger charge is -2.22. The van der Waals surface area contributed by atoms with Crippen molar-refractivity contribution in [2.45, 2.75) is 25.3 Å². The SMILES string of the molecule is O=C(O)CCN(C(=O)c1cc(Br)ccc1F)C1CC1. The number of aliphatic carboxylic acids is 1. The number of rotatable bonds is 5. The van der Waals surface area contributed by atoms with E-state index in [-0.39, 0.29) is 24.6 Å². The third-order valence-corrected chi connectivity index (χ3v) is 3.47. The Kier molecular flexibility index (Phi) is 4.19. The molecule has 2 rings (SSSR count). The third-order valence-electron chi connectivity index (χ3n) is 2.97. The predicted molar refractivity (Wildman–Crippen MR) is 70.4 cm³/mol. The van der Waals surface area contributed by atoms with E-state index in [4.69, 9.17) is 5.11 Å². The van der Waals surface area contributed by atoms with E-state index in [0.717, 1.165) is 12.8 Å². The molecule has 0 aliphatic heterocycles. The van der Waals surface area contributed by atoms with E-state index in [1.807, 2.05) is 0 Å². The number of hydrogen-bond acceptors (Lipinski definition) is 2. The fraction of sp³-hybridized carbons (Fsp3) is 0.385. The summed E-state index contributed by atoms with van der Waals surface area (Å²) < 4.78 is 14.3. The maximum absolute atomic E-state index is 13.7. The highest BCUT2D eigenvalue weighted by Gasteiger charge is 2.34. The summed E-state index contributed by atoms with van der Waals surface area (Å²) in [5.74, 6) is -2.00. The van der Waals surface area contributed by atoms with Gasteiger partial charge >= 0.3 is 5.97 Å². The van der Waals surface area contributed by atoms with Crippen LogP contribution in [0, 0.1) is 5.82 Å². The molecule has 0 heterocycles. The first kappa shape index (κ1) is 14.0. The van der Waals surface area contributed by atoms with Gasteiger partial charge in [-0.3, -0.25) is 9.59 Å². The average Bonchev–Trinajstić information content (AvgIpc) is 3.16. The van der Waals surface area contributed by atoms with Crippen LogP contribution >= 0.6 is 15.9 Å². The Balaban J connectivity index is 2.18. The van der Waals surface area contributed by atoms with Gasteiger partial charge in [0.25, 0.3) is 5.91 Å². The maximum atomic E-state index is 13.7. The van der Waals surface area contributed by atoms with Crippen LogP contribution in [0.15, 0.2) is 22.7 Å². The number of carbonyl (C=O) groups is 2. The number of carbonyl (C=O) groups excluding carboxylic acids is 1. The van der Waals surface area contributed by atoms with Crippen LogP contribution in [-0.4, -0.2) is 34.5 Å². The molecule has 19 heavy (non-hydrogen) atoms. The lowest BCUT2D eigenvalue weighted by atomic mass is 10.1. The molecule has 0 saturated heterocycles. The number of hydrogen-bond donors (Lipinski definition) is 1. The second-order valence-corrected chi connectivity index (χ2v) is 5.41. The standard InChI is InChI=1S/C13H13BrFNO3/c14-8-1-4-11(15)10(7-8)13(19)16(9-2-3-9)6-5-12(17)18/h1,4,7,9H,2-3,5-6H2,(H,17,18). The van der Waals surface area contributed by atoms with Crippen LogP contribution in [0.5, 0.6) is 0 Å². The Morgan fingerprint density at radius 1 is 1.42 bits per heavy atom. The van der Waals surface area contributed by atoms with Crippen molar-refractivity contribution in [3.05, 3.63) is 34.1 Å². The molecule has 1 aromatic carbocycles. The first-order valence-electron chi connectivity index (χ1n) is 5.97. The van der Waals surface area contributed by atoms with E-state index in [1.54, 1.807) is 0 Å². The molecular weight excluding hydrogens is 317 g/mol. The highest BCUT2D eigenvalue weighted by molar-refractivity contribution is 9.10. The van der Waals surface area contributed by atoms with Crippen molar-refractivity contribution in [2.24, 2.45) is 0 Å². The van der Waals surface area contributed by atoms with Gasteiger partial charge in [-0.15, -0.1) is 0 Å². The monoisotopic (exact) mass is 329 g/mol. The van der Waals surface area contributed by atoms with Gasteiger partial charge in [0.15, 0.2) is 0 Å². The van der Waals surface area contributed by atoms with Crippen molar-refractivity contribution in [3.8, 4) is 0 Å². The molecule has 0 atom stereocenters. The van der Waals surface area contributed by atoms with Gasteiger partial charge in [-0.25, -0.2) is 4.39 Å². The lowest BCUT2D eigenvalue weighted by Crippen LogP contribution is -2.35. The van der Waals surface area contributed by atoms with Gasteiger partial charge < -0.3 is 10.0 Å². The van der Waals surface area contributed by atoms with Crippen molar-refractivity contribution in [1.29, 1.82) is 0 Å². The van der Waals surface area contributed by atoms with Gasteiger partial charge in [0.05, 0.1) is 12.0 Å². The second kappa shape index (κ2) is 5.69. The Hall–Kier alpha value is -1.43. The molecule has 0 radical (unpaired) electrons. The predicted octanol–water partition coefficient (Wildman–Crippen LogP) is 2.67. The van der Waals surface area contributed by atoms with Gasteiger partial charge in [-0.1, -0.05) is 15.9 Å². The molecule has 6 heteroatoms. The van der Waals surface area contributed by atoms with Gasteiger partial charge in [0, 0.05) is 17.1 Å². The lowest BCUT2D eigenvalue weighted by molar-refractivity contribution is -0.137. The van der Waals surface area contributed by atoms with Crippen molar-refractivity contribution in [1.82, 2.24) is 4.90 Å². The minimum absolute atomic E-state index is 0.0216. The summed E-state index contributed by atoms with van der Waals surface area (Å²) in [6.45, 7) is 0.116. The molecule has 0 unspecified atom stereocenters. The van der Waals surface area contributed by atoms with E-state index in [2.05, 4.69) is 15.9 Å². The van der Waals surface area contributed by atoms with Crippen molar-refractivity contribution >= 4 is 27.8 Å². The van der Waals surface area contributed by atoms with Crippen molar-refractivity contribution in [3.63, 3.8) is 0 Å². The highest BCUT2D eigenvalue weighted by Crippen LogP contribution is 2.29. The van der Waals surface area contributed by atoms with Crippen molar-refractivity contribution in [2.75, 3.05) is 6.54 Å². The van der Waals surface area contributed by atoms with E-state index in [1.165, 1.54) is 23.1 Å². The molecule has 1 saturated carbocycles. The van der Waals surface area contributed by atoms with E-state index in [0.29, 0.717) is 4.47 Å². The molecule has 1 N–H and O–H groups in total. The zero-order valence-corrected chi connectivity index (χ0v) is 11.7. The summed E-state index contributed by atoms with van der Waals surface area (Å²) in [4.78, 5) is 24.3.